The molecule has 2 atom stereocenters. The highest BCUT2D eigenvalue weighted by molar-refractivity contribution is 5.71. The Morgan fingerprint density at radius 1 is 0.806 bits per heavy atom. The zero-order valence-electron chi connectivity index (χ0n) is 20.4. The third kappa shape index (κ3) is 3.78. The molecule has 0 aliphatic carbocycles. The van der Waals surface area contributed by atoms with Crippen molar-refractivity contribution >= 4 is 5.69 Å². The lowest BCUT2D eigenvalue weighted by atomic mass is 9.92. The summed E-state index contributed by atoms with van der Waals surface area (Å²) in [5.41, 5.74) is 7.53. The minimum atomic E-state index is -0.323. The summed E-state index contributed by atoms with van der Waals surface area (Å²) in [4.78, 5) is 12.9. The van der Waals surface area contributed by atoms with Crippen LogP contribution < -0.4 is 9.90 Å². The summed E-state index contributed by atoms with van der Waals surface area (Å²) in [5, 5.41) is 2.01. The maximum absolute atomic E-state index is 6.90. The van der Waals surface area contributed by atoms with Gasteiger partial charge in [-0.2, -0.15) is 4.73 Å². The van der Waals surface area contributed by atoms with Gasteiger partial charge < -0.3 is 9.25 Å². The molecule has 180 valence electrons. The number of aromatic nitrogens is 1. The molecule has 1 aliphatic heterocycles. The first-order valence-corrected chi connectivity index (χ1v) is 12.2. The number of para-hydroxylation sites is 1. The zero-order chi connectivity index (χ0) is 24.5. The summed E-state index contributed by atoms with van der Waals surface area (Å²) in [7, 11) is 1.72. The minimum absolute atomic E-state index is 0.194. The maximum Gasteiger partial charge on any atom is 0.142 e. The first kappa shape index (κ1) is 22.3. The topological polar surface area (TPSA) is 39.8 Å². The van der Waals surface area contributed by atoms with Crippen LogP contribution >= 0.6 is 0 Å². The van der Waals surface area contributed by atoms with Crippen molar-refractivity contribution in [3.63, 3.8) is 0 Å². The van der Waals surface area contributed by atoms with E-state index in [4.69, 9.17) is 14.1 Å². The SMILES string of the molecule is COn1c(C)c2c(c1-c1ccccc1)[C@@H](c1ccco1)N(c1ccccc1)O[C@@H](c1ccccc1)C2. The van der Waals surface area contributed by atoms with Gasteiger partial charge in [-0.3, -0.25) is 4.84 Å². The summed E-state index contributed by atoms with van der Waals surface area (Å²) in [6.45, 7) is 2.12. The molecular formula is C31H28N2O3. The molecule has 0 saturated heterocycles. The van der Waals surface area contributed by atoms with Gasteiger partial charge in [0.25, 0.3) is 0 Å². The van der Waals surface area contributed by atoms with E-state index in [0.717, 1.165) is 39.5 Å². The Morgan fingerprint density at radius 3 is 2.11 bits per heavy atom. The molecule has 36 heavy (non-hydrogen) atoms. The molecule has 0 unspecified atom stereocenters. The molecule has 1 aliphatic rings. The second kappa shape index (κ2) is 9.44. The Labute approximate surface area is 211 Å². The highest BCUT2D eigenvalue weighted by Crippen LogP contribution is 2.47. The molecule has 5 heteroatoms. The van der Waals surface area contributed by atoms with Gasteiger partial charge in [0.15, 0.2) is 0 Å². The van der Waals surface area contributed by atoms with E-state index in [-0.39, 0.29) is 12.1 Å². The van der Waals surface area contributed by atoms with Crippen LogP contribution in [0, 0.1) is 6.92 Å². The first-order chi connectivity index (χ1) is 17.8. The normalized spacial score (nSPS) is 17.4. The third-order valence-corrected chi connectivity index (χ3v) is 6.89. The Kier molecular flexibility index (Phi) is 5.84. The van der Waals surface area contributed by atoms with E-state index in [0.29, 0.717) is 6.42 Å². The molecular weight excluding hydrogens is 448 g/mol. The van der Waals surface area contributed by atoms with Crippen LogP contribution in [0.4, 0.5) is 5.69 Å². The van der Waals surface area contributed by atoms with E-state index in [9.17, 15) is 0 Å². The van der Waals surface area contributed by atoms with Crippen LogP contribution in [0.15, 0.2) is 114 Å². The van der Waals surface area contributed by atoms with Crippen molar-refractivity contribution in [2.75, 3.05) is 12.2 Å². The Balaban J connectivity index is 1.66. The fourth-order valence-electron chi connectivity index (χ4n) is 5.26. The number of fused-ring (bicyclic) bond motifs is 1. The van der Waals surface area contributed by atoms with E-state index >= 15 is 0 Å². The van der Waals surface area contributed by atoms with Crippen LogP contribution in [-0.2, 0) is 11.3 Å². The molecule has 0 spiro atoms. The summed E-state index contributed by atoms with van der Waals surface area (Å²) >= 11 is 0. The largest absolute Gasteiger partial charge is 0.467 e. The second-order valence-electron chi connectivity index (χ2n) is 8.96. The molecule has 5 nitrogen and oxygen atoms in total. The van der Waals surface area contributed by atoms with Crippen molar-refractivity contribution in [3.8, 4) is 11.3 Å². The van der Waals surface area contributed by atoms with Crippen molar-refractivity contribution in [2.45, 2.75) is 25.5 Å². The highest BCUT2D eigenvalue weighted by Gasteiger charge is 2.40. The molecule has 0 saturated carbocycles. The standard InChI is InChI=1S/C31H28N2O3/c1-22-26-21-28(23-13-6-3-7-14-23)36-33(25-17-10-5-11-18-25)31(27-19-12-20-35-27)29(26)30(32(22)34-2)24-15-8-4-9-16-24/h3-20,28,31H,21H2,1-2H3/t28-,31-/m1/s1. The summed E-state index contributed by atoms with van der Waals surface area (Å²) in [6, 6.07) is 34.7. The van der Waals surface area contributed by atoms with Crippen molar-refractivity contribution in [2.24, 2.45) is 0 Å². The van der Waals surface area contributed by atoms with Gasteiger partial charge in [-0.25, -0.2) is 5.06 Å². The summed E-state index contributed by atoms with van der Waals surface area (Å²) in [6.07, 6.45) is 2.22. The predicted octanol–water partition coefficient (Wildman–Crippen LogP) is 6.94. The van der Waals surface area contributed by atoms with E-state index in [2.05, 4.69) is 67.6 Å². The van der Waals surface area contributed by atoms with Gasteiger partial charge in [0.2, 0.25) is 0 Å². The lowest BCUT2D eigenvalue weighted by molar-refractivity contribution is 0.0233. The number of benzene rings is 3. The van der Waals surface area contributed by atoms with Gasteiger partial charge in [-0.15, -0.1) is 0 Å². The van der Waals surface area contributed by atoms with Crippen molar-refractivity contribution in [3.05, 3.63) is 138 Å². The number of furan rings is 1. The van der Waals surface area contributed by atoms with Crippen LogP contribution in [0.1, 0.15) is 40.3 Å². The number of hydroxylamine groups is 1. The molecule has 0 radical (unpaired) electrons. The monoisotopic (exact) mass is 476 g/mol. The molecule has 3 aromatic carbocycles. The number of nitrogens with zero attached hydrogens (tertiary/aromatic N) is 2. The van der Waals surface area contributed by atoms with Crippen LogP contribution in [0.2, 0.25) is 0 Å². The Hall–Kier alpha value is -4.22. The van der Waals surface area contributed by atoms with Crippen LogP contribution in [0.5, 0.6) is 0 Å². The predicted molar refractivity (Wildman–Crippen MR) is 141 cm³/mol. The zero-order valence-corrected chi connectivity index (χ0v) is 20.4. The fourth-order valence-corrected chi connectivity index (χ4v) is 5.26. The number of rotatable bonds is 5. The summed E-state index contributed by atoms with van der Waals surface area (Å²) in [5.74, 6) is 0.805. The quantitative estimate of drug-likeness (QED) is 0.275. The lowest BCUT2D eigenvalue weighted by Gasteiger charge is -2.33. The van der Waals surface area contributed by atoms with Crippen LogP contribution in [-0.4, -0.2) is 11.8 Å². The van der Waals surface area contributed by atoms with Gasteiger partial charge in [0, 0.05) is 17.5 Å². The Bertz CT molecular complexity index is 1430. The summed E-state index contributed by atoms with van der Waals surface area (Å²) < 4.78 is 8.03. The van der Waals surface area contributed by atoms with Crippen LogP contribution in [0.25, 0.3) is 11.3 Å². The number of hydrogen-bond donors (Lipinski definition) is 0. The molecule has 3 heterocycles. The molecule has 0 fully saturated rings. The average Bonchev–Trinajstić information content (AvgIpc) is 3.51. The maximum atomic E-state index is 6.90. The van der Waals surface area contributed by atoms with Crippen molar-refractivity contribution in [1.82, 2.24) is 4.73 Å². The Morgan fingerprint density at radius 2 is 1.47 bits per heavy atom. The van der Waals surface area contributed by atoms with Crippen LogP contribution in [0.3, 0.4) is 0 Å². The highest BCUT2D eigenvalue weighted by atomic mass is 16.7. The van der Waals surface area contributed by atoms with E-state index in [1.165, 1.54) is 5.56 Å². The van der Waals surface area contributed by atoms with E-state index in [1.54, 1.807) is 13.4 Å². The third-order valence-electron chi connectivity index (χ3n) is 6.89. The fraction of sp³-hybridized carbons (Fsp3) is 0.161. The van der Waals surface area contributed by atoms with Gasteiger partial charge in [-0.05, 0) is 42.3 Å². The smallest absolute Gasteiger partial charge is 0.142 e. The number of anilines is 1. The van der Waals surface area contributed by atoms with Gasteiger partial charge in [0.1, 0.15) is 25.0 Å². The number of hydrogen-bond acceptors (Lipinski definition) is 4. The average molecular weight is 477 g/mol. The second-order valence-corrected chi connectivity index (χ2v) is 8.96. The molecule has 2 aromatic heterocycles. The van der Waals surface area contributed by atoms with Gasteiger partial charge >= 0.3 is 0 Å². The van der Waals surface area contributed by atoms with E-state index in [1.807, 2.05) is 52.3 Å². The molecule has 6 rings (SSSR count). The van der Waals surface area contributed by atoms with Crippen molar-refractivity contribution in [1.29, 1.82) is 0 Å². The molecule has 0 bridgehead atoms. The lowest BCUT2D eigenvalue weighted by Crippen LogP contribution is -2.30. The molecule has 0 N–H and O–H groups in total. The van der Waals surface area contributed by atoms with Gasteiger partial charge in [0.05, 0.1) is 23.3 Å². The molecule has 0 amide bonds. The van der Waals surface area contributed by atoms with Gasteiger partial charge in [-0.1, -0.05) is 78.9 Å². The first-order valence-electron chi connectivity index (χ1n) is 12.2. The van der Waals surface area contributed by atoms with Crippen molar-refractivity contribution < 1.29 is 14.1 Å². The molecule has 5 aromatic rings. The van der Waals surface area contributed by atoms with E-state index < -0.39 is 0 Å². The minimum Gasteiger partial charge on any atom is -0.467 e.